The zero-order valence-electron chi connectivity index (χ0n) is 13.5. The van der Waals surface area contributed by atoms with Gasteiger partial charge in [0.05, 0.1) is 12.3 Å². The van der Waals surface area contributed by atoms with Crippen LogP contribution in [-0.4, -0.2) is 30.6 Å². The Morgan fingerprint density at radius 1 is 1.45 bits per heavy atom. The Labute approximate surface area is 132 Å². The lowest BCUT2D eigenvalue weighted by Crippen LogP contribution is -2.62. The van der Waals surface area contributed by atoms with Gasteiger partial charge in [-0.3, -0.25) is 4.79 Å². The maximum atomic E-state index is 12.7. The van der Waals surface area contributed by atoms with Crippen molar-refractivity contribution < 1.29 is 13.9 Å². The number of hydrogen-bond acceptors (Lipinski definition) is 3. The first-order chi connectivity index (χ1) is 10.5. The number of carbonyl (C=O) groups is 1. The molecule has 0 bridgehead atoms. The molecule has 0 N–H and O–H groups in total. The third-order valence-electron chi connectivity index (χ3n) is 4.90. The molecule has 1 amide bonds. The molecule has 2 aliphatic rings. The first-order valence-corrected chi connectivity index (χ1v) is 8.13. The van der Waals surface area contributed by atoms with Crippen molar-refractivity contribution in [3.8, 4) is 0 Å². The monoisotopic (exact) mass is 303 g/mol. The maximum Gasteiger partial charge on any atom is 0.249 e. The van der Waals surface area contributed by atoms with E-state index in [4.69, 9.17) is 9.15 Å². The van der Waals surface area contributed by atoms with Gasteiger partial charge in [0, 0.05) is 30.7 Å². The van der Waals surface area contributed by atoms with Gasteiger partial charge in [-0.1, -0.05) is 20.4 Å². The van der Waals surface area contributed by atoms with Gasteiger partial charge in [-0.2, -0.15) is 0 Å². The molecule has 22 heavy (non-hydrogen) atoms. The average molecular weight is 303 g/mol. The summed E-state index contributed by atoms with van der Waals surface area (Å²) in [7, 11) is 0. The van der Waals surface area contributed by atoms with Gasteiger partial charge in [0.1, 0.15) is 5.76 Å². The van der Waals surface area contributed by atoms with Gasteiger partial charge < -0.3 is 14.1 Å². The van der Waals surface area contributed by atoms with Crippen molar-refractivity contribution in [2.45, 2.75) is 39.2 Å². The third kappa shape index (κ3) is 2.60. The first-order valence-electron chi connectivity index (χ1n) is 8.13. The predicted octanol–water partition coefficient (Wildman–Crippen LogP) is 3.56. The lowest BCUT2D eigenvalue weighted by molar-refractivity contribution is -0.168. The average Bonchev–Trinajstić information content (AvgIpc) is 2.98. The van der Waals surface area contributed by atoms with Gasteiger partial charge in [0.25, 0.3) is 0 Å². The molecule has 0 aliphatic carbocycles. The van der Waals surface area contributed by atoms with E-state index in [-0.39, 0.29) is 17.4 Å². The Morgan fingerprint density at radius 3 is 2.77 bits per heavy atom. The van der Waals surface area contributed by atoms with E-state index in [1.54, 1.807) is 6.26 Å². The minimum Gasteiger partial charge on any atom is -0.467 e. The molecule has 120 valence electrons. The number of nitrogens with zero attached hydrogens (tertiary/aromatic N) is 1. The summed E-state index contributed by atoms with van der Waals surface area (Å²) >= 11 is 0. The third-order valence-corrected chi connectivity index (χ3v) is 4.90. The zero-order chi connectivity index (χ0) is 15.7. The highest BCUT2D eigenvalue weighted by Crippen LogP contribution is 2.55. The molecular weight excluding hydrogens is 278 g/mol. The summed E-state index contributed by atoms with van der Waals surface area (Å²) in [4.78, 5) is 14.7. The van der Waals surface area contributed by atoms with E-state index in [0.717, 1.165) is 44.8 Å². The van der Waals surface area contributed by atoms with Crippen molar-refractivity contribution in [3.63, 3.8) is 0 Å². The summed E-state index contributed by atoms with van der Waals surface area (Å²) in [5.41, 5.74) is 0.817. The van der Waals surface area contributed by atoms with Crippen LogP contribution in [0.3, 0.4) is 0 Å². The number of rotatable bonds is 4. The van der Waals surface area contributed by atoms with Crippen LogP contribution in [-0.2, 0) is 9.53 Å². The van der Waals surface area contributed by atoms with Crippen LogP contribution in [0.25, 0.3) is 0 Å². The van der Waals surface area contributed by atoms with Crippen LogP contribution in [0.15, 0.2) is 35.0 Å². The summed E-state index contributed by atoms with van der Waals surface area (Å²) in [6.45, 7) is 10.5. The lowest BCUT2D eigenvalue weighted by Gasteiger charge is -2.58. The summed E-state index contributed by atoms with van der Waals surface area (Å²) in [5, 5.41) is 0. The molecule has 2 saturated heterocycles. The molecule has 2 fully saturated rings. The van der Waals surface area contributed by atoms with E-state index in [9.17, 15) is 4.79 Å². The lowest BCUT2D eigenvalue weighted by atomic mass is 9.65. The van der Waals surface area contributed by atoms with Crippen molar-refractivity contribution in [2.24, 2.45) is 11.3 Å². The Balaban J connectivity index is 1.80. The van der Waals surface area contributed by atoms with Crippen molar-refractivity contribution in [2.75, 3.05) is 19.8 Å². The minimum absolute atomic E-state index is 0.0304. The van der Waals surface area contributed by atoms with Crippen LogP contribution in [0.1, 0.15) is 44.9 Å². The Kier molecular flexibility index (Phi) is 4.13. The molecule has 3 heterocycles. The van der Waals surface area contributed by atoms with Crippen LogP contribution in [0.5, 0.6) is 0 Å². The topological polar surface area (TPSA) is 42.7 Å². The van der Waals surface area contributed by atoms with E-state index in [1.807, 2.05) is 17.0 Å². The number of carbonyl (C=O) groups excluding carboxylic acids is 1. The van der Waals surface area contributed by atoms with Gasteiger partial charge in [0.15, 0.2) is 0 Å². The number of furan rings is 1. The van der Waals surface area contributed by atoms with E-state index < -0.39 is 0 Å². The molecule has 1 aromatic rings. The molecular formula is C18H25NO3. The Bertz CT molecular complexity index is 541. The Hall–Kier alpha value is -1.55. The van der Waals surface area contributed by atoms with Crippen LogP contribution >= 0.6 is 0 Å². The second kappa shape index (κ2) is 5.92. The van der Waals surface area contributed by atoms with Gasteiger partial charge in [-0.25, -0.2) is 0 Å². The number of likely N-dealkylation sites (tertiary alicyclic amines) is 1. The highest BCUT2D eigenvalue weighted by Gasteiger charge is 2.56. The fourth-order valence-corrected chi connectivity index (χ4v) is 3.82. The number of ether oxygens (including phenoxy) is 1. The summed E-state index contributed by atoms with van der Waals surface area (Å²) < 4.78 is 11.2. The molecule has 1 atom stereocenters. The molecule has 3 rings (SSSR count). The van der Waals surface area contributed by atoms with E-state index in [0.29, 0.717) is 11.5 Å². The normalized spacial score (nSPS) is 23.6. The molecule has 0 aromatic carbocycles. The van der Waals surface area contributed by atoms with E-state index in [2.05, 4.69) is 20.4 Å². The molecule has 4 nitrogen and oxygen atoms in total. The SMILES string of the molecule is C=C(CC(C)C)C(=O)N1CC2(CCOCC2)C1c1ccco1. The standard InChI is InChI=1S/C18H25NO3/c1-13(2)11-14(3)17(20)19-12-18(6-9-21-10-7-18)16(19)15-5-4-8-22-15/h4-5,8,13,16H,3,6-7,9-12H2,1-2H3. The largest absolute Gasteiger partial charge is 0.467 e. The second-order valence-corrected chi connectivity index (χ2v) is 7.03. The van der Waals surface area contributed by atoms with Gasteiger partial charge in [-0.05, 0) is 37.3 Å². The number of amides is 1. The van der Waals surface area contributed by atoms with Crippen molar-refractivity contribution >= 4 is 5.91 Å². The molecule has 4 heteroatoms. The zero-order valence-corrected chi connectivity index (χ0v) is 13.5. The highest BCUT2D eigenvalue weighted by atomic mass is 16.5. The minimum atomic E-state index is 0.0304. The molecule has 2 aliphatic heterocycles. The van der Waals surface area contributed by atoms with Gasteiger partial charge in [-0.15, -0.1) is 0 Å². The molecule has 0 radical (unpaired) electrons. The summed E-state index contributed by atoms with van der Waals surface area (Å²) in [6.07, 6.45) is 4.40. The highest BCUT2D eigenvalue weighted by molar-refractivity contribution is 5.93. The fraction of sp³-hybridized carbons (Fsp3) is 0.611. The maximum absolute atomic E-state index is 12.7. The quantitative estimate of drug-likeness (QED) is 0.799. The first kappa shape index (κ1) is 15.3. The molecule has 0 saturated carbocycles. The van der Waals surface area contributed by atoms with Gasteiger partial charge in [0.2, 0.25) is 5.91 Å². The predicted molar refractivity (Wildman–Crippen MR) is 84.2 cm³/mol. The smallest absolute Gasteiger partial charge is 0.249 e. The van der Waals surface area contributed by atoms with Crippen LogP contribution in [0, 0.1) is 11.3 Å². The molecule has 1 spiro atoms. The number of hydrogen-bond donors (Lipinski definition) is 0. The summed E-state index contributed by atoms with van der Waals surface area (Å²) in [6, 6.07) is 3.90. The molecule has 1 aromatic heterocycles. The van der Waals surface area contributed by atoms with Crippen LogP contribution < -0.4 is 0 Å². The van der Waals surface area contributed by atoms with Crippen molar-refractivity contribution in [3.05, 3.63) is 36.3 Å². The van der Waals surface area contributed by atoms with E-state index >= 15 is 0 Å². The van der Waals surface area contributed by atoms with Gasteiger partial charge >= 0.3 is 0 Å². The van der Waals surface area contributed by atoms with Crippen LogP contribution in [0.2, 0.25) is 0 Å². The second-order valence-electron chi connectivity index (χ2n) is 7.03. The Morgan fingerprint density at radius 2 is 2.18 bits per heavy atom. The van der Waals surface area contributed by atoms with Crippen LogP contribution in [0.4, 0.5) is 0 Å². The van der Waals surface area contributed by atoms with E-state index in [1.165, 1.54) is 0 Å². The fourth-order valence-electron chi connectivity index (χ4n) is 3.82. The summed E-state index contributed by atoms with van der Waals surface area (Å²) in [5.74, 6) is 1.41. The molecule has 1 unspecified atom stereocenters. The van der Waals surface area contributed by atoms with Crippen molar-refractivity contribution in [1.82, 2.24) is 4.90 Å². The van der Waals surface area contributed by atoms with Crippen molar-refractivity contribution in [1.29, 1.82) is 0 Å².